The number of halogens is 1. The number of hydrogen-bond donors (Lipinski definition) is 3. The van der Waals surface area contributed by atoms with E-state index in [2.05, 4.69) is 188 Å². The molecule has 0 aliphatic heterocycles. The summed E-state index contributed by atoms with van der Waals surface area (Å²) < 4.78 is 57.0. The highest BCUT2D eigenvalue weighted by Gasteiger charge is 2.42. The molecule has 0 bridgehead atoms. The number of hydrogen-bond acceptors (Lipinski definition) is 21. The lowest BCUT2D eigenvalue weighted by Crippen LogP contribution is -2.35. The maximum atomic E-state index is 12.2. The van der Waals surface area contributed by atoms with Gasteiger partial charge in [-0.15, -0.1) is 0 Å². The van der Waals surface area contributed by atoms with Crippen molar-refractivity contribution in [2.75, 3.05) is 52.9 Å². The maximum absolute atomic E-state index is 12.2. The van der Waals surface area contributed by atoms with E-state index in [4.69, 9.17) is 59.0 Å². The zero-order chi connectivity index (χ0) is 94.2. The second-order valence-electron chi connectivity index (χ2n) is 31.1. The molecule has 0 amide bonds. The third-order valence-electron chi connectivity index (χ3n) is 20.8. The van der Waals surface area contributed by atoms with Gasteiger partial charge in [0.05, 0.1) is 76.1 Å². The Kier molecular flexibility index (Phi) is 53.7. The van der Waals surface area contributed by atoms with Crippen molar-refractivity contribution in [2.45, 2.75) is 219 Å². The van der Waals surface area contributed by atoms with Crippen LogP contribution in [0.1, 0.15) is 211 Å². The Hall–Kier alpha value is -9.38. The monoisotopic (exact) mass is 1830 g/mol. The molecule has 22 nitrogen and oxygen atoms in total. The minimum atomic E-state index is -4.33. The molecule has 26 heteroatoms. The Morgan fingerprint density at radius 2 is 0.859 bits per heavy atom. The number of phosphoric acid groups is 1. The highest BCUT2D eigenvalue weighted by molar-refractivity contribution is 7.78. The Morgan fingerprint density at radius 3 is 1.17 bits per heavy atom. The molecule has 3 aliphatic carbocycles. The van der Waals surface area contributed by atoms with E-state index in [9.17, 15) is 43.3 Å². The molecule has 0 radical (unpaired) electrons. The van der Waals surface area contributed by atoms with Crippen LogP contribution >= 0.6 is 35.2 Å². The van der Waals surface area contributed by atoms with E-state index in [-0.39, 0.29) is 65.1 Å². The van der Waals surface area contributed by atoms with Gasteiger partial charge < -0.3 is 47.7 Å². The first kappa shape index (κ1) is 111. The molecule has 8 aromatic rings. The van der Waals surface area contributed by atoms with Crippen molar-refractivity contribution in [1.29, 1.82) is 10.5 Å². The number of ketones is 2. The van der Waals surface area contributed by atoms with Crippen molar-refractivity contribution in [3.05, 3.63) is 312 Å². The first-order valence-corrected chi connectivity index (χ1v) is 48.4. The fourth-order valence-corrected chi connectivity index (χ4v) is 19.7. The van der Waals surface area contributed by atoms with Crippen LogP contribution in [-0.4, -0.2) is 149 Å². The van der Waals surface area contributed by atoms with Crippen molar-refractivity contribution >= 4 is 71.0 Å². The molecule has 0 spiro atoms. The average Bonchev–Trinajstić information content (AvgIpc) is 0.776. The summed E-state index contributed by atoms with van der Waals surface area (Å²) >= 11 is 6.13. The van der Waals surface area contributed by atoms with Crippen molar-refractivity contribution in [3.63, 3.8) is 0 Å². The van der Waals surface area contributed by atoms with Crippen molar-refractivity contribution in [3.8, 4) is 12.1 Å². The highest BCUT2D eigenvalue weighted by atomic mass is 35.7. The molecule has 0 aromatic heterocycles. The molecule has 3 unspecified atom stereocenters. The molecule has 0 saturated heterocycles. The van der Waals surface area contributed by atoms with Crippen LogP contribution in [0.15, 0.2) is 267 Å². The molecule has 0 heterocycles. The van der Waals surface area contributed by atoms with Gasteiger partial charge in [-0.25, -0.2) is 28.3 Å². The zero-order valence-corrected chi connectivity index (χ0v) is 79.7. The number of aliphatic hydroxyl groups excluding tert-OH is 2. The minimum absolute atomic E-state index is 0.0185. The lowest BCUT2D eigenvalue weighted by Gasteiger charge is -2.41. The third-order valence-corrected chi connectivity index (χ3v) is 26.4. The van der Waals surface area contributed by atoms with Gasteiger partial charge in [0.2, 0.25) is 7.65 Å². The largest absolute Gasteiger partial charge is 0.473 e. The molecule has 690 valence electrons. The number of phosphoric ester groups is 1. The fourth-order valence-electron chi connectivity index (χ4n) is 14.9. The normalized spacial score (nSPS) is 15.1. The van der Waals surface area contributed by atoms with Crippen LogP contribution in [0.25, 0.3) is 0 Å². The van der Waals surface area contributed by atoms with E-state index in [1.165, 1.54) is 46.4 Å². The summed E-state index contributed by atoms with van der Waals surface area (Å²) in [6.07, 6.45) is 14.3. The molecule has 11 rings (SSSR count). The van der Waals surface area contributed by atoms with Gasteiger partial charge in [-0.2, -0.15) is 10.5 Å². The lowest BCUT2D eigenvalue weighted by atomic mass is 9.65. The number of allylic oxidation sites excluding steroid dienone is 3. The quantitative estimate of drug-likeness (QED) is 0.00842. The van der Waals surface area contributed by atoms with Crippen LogP contribution in [0.2, 0.25) is 0 Å². The Bertz CT molecular complexity index is 4420. The summed E-state index contributed by atoms with van der Waals surface area (Å²) in [4.78, 5) is 74.9. The SMILES string of the molecule is C=CC(C)=O.CC(C)N(C(C)C)P(Cl)OCCC#N.CCOC(=O)CO.CCOC(=O)COP(=O)(O)OC1CCC(c2ccccc2)(c2ccccc2)CC1.CCOC(=O)COP(OCCC#N)N(C(C)C)C(C)C.O=C1C=CC(c2ccccc2)(c2ccccc2)CC1.O=CC(c1ccccc1)c1ccccc1.OC1CCC(c2ccccc2)(c2ccccc2)CC1. The van der Waals surface area contributed by atoms with Crippen LogP contribution in [0.5, 0.6) is 0 Å². The highest BCUT2D eigenvalue weighted by Crippen LogP contribution is 2.53. The molecule has 2 fully saturated rings. The Balaban J connectivity index is 0.000000318. The van der Waals surface area contributed by atoms with Gasteiger partial charge in [0.1, 0.15) is 12.9 Å². The predicted octanol–water partition coefficient (Wildman–Crippen LogP) is 22.1. The fraction of sp³-hybridized carbons (Fsp3) is 0.412. The summed E-state index contributed by atoms with van der Waals surface area (Å²) in [7, 11) is -6.78. The van der Waals surface area contributed by atoms with Gasteiger partial charge in [0.25, 0.3) is 8.53 Å². The van der Waals surface area contributed by atoms with Gasteiger partial charge in [-0.1, -0.05) is 255 Å². The number of benzene rings is 8. The number of rotatable bonds is 34. The predicted molar refractivity (Wildman–Crippen MR) is 509 cm³/mol. The van der Waals surface area contributed by atoms with Crippen molar-refractivity contribution in [1.82, 2.24) is 9.34 Å². The molecular weight excluding hydrogens is 1700 g/mol. The van der Waals surface area contributed by atoms with E-state index < -0.39 is 61.2 Å². The van der Waals surface area contributed by atoms with Gasteiger partial charge in [-0.3, -0.25) is 18.6 Å². The summed E-state index contributed by atoms with van der Waals surface area (Å²) in [6, 6.07) is 87.9. The van der Waals surface area contributed by atoms with Gasteiger partial charge in [-0.05, 0) is 209 Å². The summed E-state index contributed by atoms with van der Waals surface area (Å²) in [5.41, 5.74) is 9.59. The molecule has 3 atom stereocenters. The van der Waals surface area contributed by atoms with Gasteiger partial charge >= 0.3 is 25.7 Å². The van der Waals surface area contributed by atoms with E-state index in [0.717, 1.165) is 62.4 Å². The van der Waals surface area contributed by atoms with E-state index in [1.54, 1.807) is 26.8 Å². The van der Waals surface area contributed by atoms with Gasteiger partial charge in [0.15, 0.2) is 24.8 Å². The number of esters is 3. The minimum Gasteiger partial charge on any atom is -0.464 e. The number of carbonyl (C=O) groups is 6. The number of aliphatic hydroxyl groups is 2. The first-order chi connectivity index (χ1) is 61.5. The van der Waals surface area contributed by atoms with E-state index >= 15 is 0 Å². The Morgan fingerprint density at radius 1 is 0.523 bits per heavy atom. The van der Waals surface area contributed by atoms with Crippen LogP contribution < -0.4 is 0 Å². The topological polar surface area (TPSA) is 308 Å². The van der Waals surface area contributed by atoms with E-state index in [1.807, 2.05) is 149 Å². The van der Waals surface area contributed by atoms with E-state index in [0.29, 0.717) is 70.6 Å². The standard InChI is InChI=1S/C22H27O6P.C18H20O.C18H16O.C14H12O.C13H25N2O4P.C9H18ClN2OP.C4H8O3.C4H6O/c1-2-26-21(23)17-27-29(24,25)28-20-13-15-22(16-14-20,18-9-5-3-6-10-18)19-11-7-4-8-12-19;2*19-17-11-13-18(14-12-17,15-7-3-1-4-8-15)16-9-5-2-6-10-16;15-11-14(12-7-3-1-4-8-12)13-9-5-2-6-10-13;1-6-17-13(16)10-19-20(18-9-7-8-14)15(11(2)3)12(4)5;1-8(2)12(9(3)4)14(10)13-7-5-6-11;1-2-7-4(6)3-5;1-3-4(2)5/h3-12,20H,2,13-17H2,1H3,(H,24,25);1-10,17,19H,11-14H2;1-11,13H,12,14H2;1-11,14H;11-12H,6-7,9-10H2,1-5H3;8-9H,5,7H2,1-4H3;5H,2-3H2,1H3;3H,1H2,2H3. The average molecular weight is 1830 g/mol. The zero-order valence-electron chi connectivity index (χ0n) is 76.3. The number of nitriles is 2. The lowest BCUT2D eigenvalue weighted by molar-refractivity contribution is -0.147. The van der Waals surface area contributed by atoms with Crippen LogP contribution in [0.3, 0.4) is 0 Å². The van der Waals surface area contributed by atoms with Crippen LogP contribution in [0, 0.1) is 22.7 Å². The number of aldehydes is 1. The smallest absolute Gasteiger partial charge is 0.464 e. The molecule has 3 N–H and O–H groups in total. The number of nitrogens with zero attached hydrogens (tertiary/aromatic N) is 4. The Labute approximate surface area is 767 Å². The third kappa shape index (κ3) is 39.1. The first-order valence-electron chi connectivity index (χ1n) is 43.6. The van der Waals surface area contributed by atoms with Gasteiger partial charge in [0, 0.05) is 46.8 Å². The van der Waals surface area contributed by atoms with Crippen LogP contribution in [-0.2, 0) is 86.4 Å². The molecule has 128 heavy (non-hydrogen) atoms. The second kappa shape index (κ2) is 62.0. The molecular formula is C102H132ClN4O18P3. The van der Waals surface area contributed by atoms with Crippen LogP contribution in [0.4, 0.5) is 0 Å². The van der Waals surface area contributed by atoms with Crippen molar-refractivity contribution in [2.24, 2.45) is 0 Å². The number of carbonyl (C=O) groups excluding carboxylic acids is 6. The molecule has 8 aromatic carbocycles. The van der Waals surface area contributed by atoms with Crippen molar-refractivity contribution < 1.29 is 85.3 Å². The molecule has 3 aliphatic rings. The summed E-state index contributed by atoms with van der Waals surface area (Å²) in [5, 5.41) is 34.8. The maximum Gasteiger partial charge on any atom is 0.473 e. The summed E-state index contributed by atoms with van der Waals surface area (Å²) in [5.74, 6) is -1.57. The number of ether oxygens (including phenoxy) is 3. The summed E-state index contributed by atoms with van der Waals surface area (Å²) in [6.45, 7) is 26.6. The molecule has 2 saturated carbocycles. The second-order valence-corrected chi connectivity index (χ2v) is 36.0.